The number of hydrogen-bond donors (Lipinski definition) is 0. The quantitative estimate of drug-likeness (QED) is 0.374. The van der Waals surface area contributed by atoms with E-state index in [0.717, 1.165) is 0 Å². The molecule has 0 unspecified atom stereocenters. The molecule has 0 N–H and O–H groups in total. The van der Waals surface area contributed by atoms with E-state index < -0.39 is 0 Å². The second-order valence-corrected chi connectivity index (χ2v) is 1.89. The first-order valence-corrected chi connectivity index (χ1v) is 3.10. The van der Waals surface area contributed by atoms with E-state index in [9.17, 15) is 4.79 Å². The van der Waals surface area contributed by atoms with Gasteiger partial charge in [-0.15, -0.1) is 5.26 Å². The molecule has 0 fully saturated rings. The first kappa shape index (κ1) is 7.99. The summed E-state index contributed by atoms with van der Waals surface area (Å²) >= 11 is 0. The van der Waals surface area contributed by atoms with Crippen LogP contribution < -0.4 is 4.74 Å². The molecule has 0 radical (unpaired) electrons. The highest BCUT2D eigenvalue weighted by molar-refractivity contribution is 5.50. The Balaban J connectivity index is 2.86. The summed E-state index contributed by atoms with van der Waals surface area (Å²) in [5.41, 5.74) is 0.482. The third-order valence-corrected chi connectivity index (χ3v) is 1.17. The van der Waals surface area contributed by atoms with Crippen LogP contribution >= 0.6 is 0 Å². The summed E-state index contributed by atoms with van der Waals surface area (Å²) in [6.45, 7) is 0. The van der Waals surface area contributed by atoms with Crippen LogP contribution in [0.2, 0.25) is 0 Å². The van der Waals surface area contributed by atoms with Crippen molar-refractivity contribution in [2.75, 3.05) is 0 Å². The number of nitriles is 1. The standard InChI is InChI=1S/C8H4N2O2/c9-5-12-8-3-1-7(2-4-8)10-6-11/h1-4H. The lowest BCUT2D eigenvalue weighted by Crippen LogP contribution is -1.79. The Morgan fingerprint density at radius 2 is 2.00 bits per heavy atom. The zero-order chi connectivity index (χ0) is 8.81. The molecule has 1 aromatic rings. The Bertz CT molecular complexity index is 344. The Hall–Kier alpha value is -2.11. The number of aliphatic imine (C=N–C) groups is 1. The summed E-state index contributed by atoms with van der Waals surface area (Å²) in [6, 6.07) is 6.19. The molecule has 0 bridgehead atoms. The topological polar surface area (TPSA) is 62.4 Å². The molecule has 4 heteroatoms. The Labute approximate surface area is 68.7 Å². The summed E-state index contributed by atoms with van der Waals surface area (Å²) in [6.07, 6.45) is 2.93. The highest BCUT2D eigenvalue weighted by atomic mass is 16.5. The predicted molar refractivity (Wildman–Crippen MR) is 40.5 cm³/mol. The van der Waals surface area contributed by atoms with Gasteiger partial charge in [0.05, 0.1) is 5.69 Å². The van der Waals surface area contributed by atoms with E-state index in [0.29, 0.717) is 11.4 Å². The van der Waals surface area contributed by atoms with Crippen LogP contribution in [0.25, 0.3) is 0 Å². The van der Waals surface area contributed by atoms with E-state index in [2.05, 4.69) is 9.73 Å². The lowest BCUT2D eigenvalue weighted by Gasteiger charge is -1.93. The number of benzene rings is 1. The van der Waals surface area contributed by atoms with Gasteiger partial charge in [0.2, 0.25) is 6.08 Å². The molecule has 0 aliphatic heterocycles. The van der Waals surface area contributed by atoms with Crippen molar-refractivity contribution in [1.29, 1.82) is 5.26 Å². The van der Waals surface area contributed by atoms with E-state index in [1.54, 1.807) is 24.3 Å². The molecule has 0 amide bonds. The van der Waals surface area contributed by atoms with Crippen molar-refractivity contribution < 1.29 is 9.53 Å². The normalized spacial score (nSPS) is 7.92. The van der Waals surface area contributed by atoms with Crippen LogP contribution in [-0.4, -0.2) is 6.08 Å². The van der Waals surface area contributed by atoms with Gasteiger partial charge >= 0.3 is 0 Å². The first-order valence-electron chi connectivity index (χ1n) is 3.10. The third kappa shape index (κ3) is 1.94. The number of carbonyl (C=O) groups excluding carboxylic acids is 1. The molecule has 0 saturated carbocycles. The lowest BCUT2D eigenvalue weighted by atomic mass is 10.3. The molecule has 0 spiro atoms. The average molecular weight is 160 g/mol. The average Bonchev–Trinajstić information content (AvgIpc) is 2.09. The Morgan fingerprint density at radius 1 is 1.33 bits per heavy atom. The van der Waals surface area contributed by atoms with Crippen LogP contribution in [-0.2, 0) is 4.79 Å². The van der Waals surface area contributed by atoms with Gasteiger partial charge in [0.25, 0.3) is 6.26 Å². The highest BCUT2D eigenvalue weighted by Gasteiger charge is 1.92. The summed E-state index contributed by atoms with van der Waals surface area (Å²) in [5, 5.41) is 8.13. The largest absolute Gasteiger partial charge is 0.388 e. The van der Waals surface area contributed by atoms with E-state index in [1.165, 1.54) is 12.3 Å². The summed E-state index contributed by atoms with van der Waals surface area (Å²) in [4.78, 5) is 13.2. The van der Waals surface area contributed by atoms with Gasteiger partial charge in [-0.25, -0.2) is 4.79 Å². The number of ether oxygens (including phenoxy) is 1. The molecule has 0 aromatic heterocycles. The van der Waals surface area contributed by atoms with Crippen molar-refractivity contribution in [2.45, 2.75) is 0 Å². The molecule has 1 rings (SSSR count). The summed E-state index contributed by atoms with van der Waals surface area (Å²) < 4.78 is 4.50. The van der Waals surface area contributed by atoms with Crippen LogP contribution in [0.1, 0.15) is 0 Å². The van der Waals surface area contributed by atoms with Crippen LogP contribution in [0.3, 0.4) is 0 Å². The van der Waals surface area contributed by atoms with Crippen LogP contribution in [0.5, 0.6) is 5.75 Å². The minimum absolute atomic E-state index is 0.419. The molecular weight excluding hydrogens is 156 g/mol. The van der Waals surface area contributed by atoms with Gasteiger partial charge in [0, 0.05) is 0 Å². The summed E-state index contributed by atoms with van der Waals surface area (Å²) in [5.74, 6) is 0.419. The molecule has 0 heterocycles. The number of nitrogens with zero attached hydrogens (tertiary/aromatic N) is 2. The SMILES string of the molecule is N#COc1ccc(N=C=O)cc1. The van der Waals surface area contributed by atoms with Gasteiger partial charge in [-0.1, -0.05) is 0 Å². The fourth-order valence-corrected chi connectivity index (χ4v) is 0.694. The van der Waals surface area contributed by atoms with Crippen LogP contribution in [0.4, 0.5) is 5.69 Å². The van der Waals surface area contributed by atoms with Crippen molar-refractivity contribution in [2.24, 2.45) is 4.99 Å². The van der Waals surface area contributed by atoms with E-state index in [-0.39, 0.29) is 0 Å². The molecule has 0 saturated heterocycles. The maximum atomic E-state index is 9.81. The molecular formula is C8H4N2O2. The van der Waals surface area contributed by atoms with Gasteiger partial charge in [0.15, 0.2) is 0 Å². The van der Waals surface area contributed by atoms with E-state index in [4.69, 9.17) is 5.26 Å². The Morgan fingerprint density at radius 3 is 2.50 bits per heavy atom. The van der Waals surface area contributed by atoms with E-state index in [1.807, 2.05) is 0 Å². The predicted octanol–water partition coefficient (Wildman–Crippen LogP) is 1.51. The van der Waals surface area contributed by atoms with Gasteiger partial charge < -0.3 is 4.74 Å². The molecule has 1 aromatic carbocycles. The molecule has 12 heavy (non-hydrogen) atoms. The second-order valence-electron chi connectivity index (χ2n) is 1.89. The molecule has 0 atom stereocenters. The minimum atomic E-state index is 0.419. The van der Waals surface area contributed by atoms with Crippen molar-refractivity contribution in [3.63, 3.8) is 0 Å². The number of rotatable bonds is 2. The second kappa shape index (κ2) is 3.91. The van der Waals surface area contributed by atoms with Crippen LogP contribution in [0, 0.1) is 11.5 Å². The maximum Gasteiger partial charge on any atom is 0.292 e. The monoisotopic (exact) mass is 160 g/mol. The van der Waals surface area contributed by atoms with Crippen molar-refractivity contribution >= 4 is 11.8 Å². The van der Waals surface area contributed by atoms with Crippen molar-refractivity contribution in [3.05, 3.63) is 24.3 Å². The third-order valence-electron chi connectivity index (χ3n) is 1.17. The van der Waals surface area contributed by atoms with E-state index >= 15 is 0 Å². The van der Waals surface area contributed by atoms with Gasteiger partial charge in [-0.05, 0) is 24.3 Å². The van der Waals surface area contributed by atoms with Gasteiger partial charge in [0.1, 0.15) is 5.75 Å². The molecule has 4 nitrogen and oxygen atoms in total. The zero-order valence-corrected chi connectivity index (χ0v) is 6.02. The minimum Gasteiger partial charge on any atom is -0.388 e. The first-order chi connectivity index (χ1) is 5.86. The van der Waals surface area contributed by atoms with Gasteiger partial charge in [-0.2, -0.15) is 4.99 Å². The number of hydrogen-bond acceptors (Lipinski definition) is 4. The van der Waals surface area contributed by atoms with Crippen molar-refractivity contribution in [3.8, 4) is 12.0 Å². The van der Waals surface area contributed by atoms with Crippen molar-refractivity contribution in [1.82, 2.24) is 0 Å². The smallest absolute Gasteiger partial charge is 0.292 e. The Kier molecular flexibility index (Phi) is 2.61. The van der Waals surface area contributed by atoms with Crippen LogP contribution in [0.15, 0.2) is 29.3 Å². The number of isocyanates is 1. The molecule has 0 aliphatic carbocycles. The molecule has 0 aliphatic rings. The van der Waals surface area contributed by atoms with Gasteiger partial charge in [-0.3, -0.25) is 0 Å². The zero-order valence-electron chi connectivity index (χ0n) is 6.02. The molecule has 58 valence electrons. The summed E-state index contributed by atoms with van der Waals surface area (Å²) in [7, 11) is 0. The fourth-order valence-electron chi connectivity index (χ4n) is 0.694. The highest BCUT2D eigenvalue weighted by Crippen LogP contribution is 2.16. The lowest BCUT2D eigenvalue weighted by molar-refractivity contribution is 0.507. The maximum absolute atomic E-state index is 9.81. The fraction of sp³-hybridized carbons (Fsp3) is 0.